The van der Waals surface area contributed by atoms with Crippen molar-refractivity contribution in [2.75, 3.05) is 7.11 Å². The lowest BCUT2D eigenvalue weighted by Crippen LogP contribution is -2.12. The van der Waals surface area contributed by atoms with E-state index in [4.69, 9.17) is 12.6 Å². The molecule has 0 atom stereocenters. The molecule has 2 radical (unpaired) electrons. The van der Waals surface area contributed by atoms with Crippen molar-refractivity contribution in [3.63, 3.8) is 0 Å². The Kier molecular flexibility index (Phi) is 3.12. The van der Waals surface area contributed by atoms with Crippen molar-refractivity contribution in [1.29, 1.82) is 0 Å². The lowest BCUT2D eigenvalue weighted by Gasteiger charge is -2.10. The van der Waals surface area contributed by atoms with E-state index in [1.807, 2.05) is 6.92 Å². The third kappa shape index (κ3) is 1.91. The van der Waals surface area contributed by atoms with Gasteiger partial charge in [-0.2, -0.15) is 0 Å². The van der Waals surface area contributed by atoms with E-state index in [0.717, 1.165) is 18.3 Å². The van der Waals surface area contributed by atoms with Crippen molar-refractivity contribution >= 4 is 19.6 Å². The van der Waals surface area contributed by atoms with E-state index in [-0.39, 0.29) is 0 Å². The molecule has 0 aliphatic carbocycles. The van der Waals surface area contributed by atoms with E-state index < -0.39 is 0 Å². The molecule has 66 valence electrons. The summed E-state index contributed by atoms with van der Waals surface area (Å²) in [6.07, 6.45) is 1.56. The molecular weight excluding hydrogens is 163 g/mol. The maximum atomic E-state index is 10.5. The topological polar surface area (TPSA) is 26.3 Å². The summed E-state index contributed by atoms with van der Waals surface area (Å²) in [6.45, 7) is 1.99. The van der Waals surface area contributed by atoms with Crippen LogP contribution in [0.5, 0.6) is 5.75 Å². The lowest BCUT2D eigenvalue weighted by atomic mass is 9.87. The number of benzene rings is 1. The van der Waals surface area contributed by atoms with Crippen molar-refractivity contribution in [2.24, 2.45) is 0 Å². The van der Waals surface area contributed by atoms with Crippen LogP contribution in [0.3, 0.4) is 0 Å². The Balaban J connectivity index is 3.28. The Morgan fingerprint density at radius 1 is 1.54 bits per heavy atom. The smallest absolute Gasteiger partial charge is 0.150 e. The van der Waals surface area contributed by atoms with Gasteiger partial charge >= 0.3 is 0 Å². The van der Waals surface area contributed by atoms with Crippen LogP contribution >= 0.6 is 0 Å². The normalized spacial score (nSPS) is 9.69. The van der Waals surface area contributed by atoms with Crippen molar-refractivity contribution < 1.29 is 9.53 Å². The minimum Gasteiger partial charge on any atom is -0.496 e. The SMILES string of the molecule is [B]c1cc(C=O)cc(OC)c1CC. The highest BCUT2D eigenvalue weighted by atomic mass is 16.5. The maximum Gasteiger partial charge on any atom is 0.150 e. The molecule has 0 saturated carbocycles. The first-order valence-electron chi connectivity index (χ1n) is 4.14. The van der Waals surface area contributed by atoms with Crippen LogP contribution in [0.2, 0.25) is 0 Å². The van der Waals surface area contributed by atoms with Crippen molar-refractivity contribution in [2.45, 2.75) is 13.3 Å². The van der Waals surface area contributed by atoms with Gasteiger partial charge in [0.05, 0.1) is 7.11 Å². The van der Waals surface area contributed by atoms with Gasteiger partial charge in [-0.1, -0.05) is 18.5 Å². The highest BCUT2D eigenvalue weighted by Crippen LogP contribution is 2.17. The van der Waals surface area contributed by atoms with E-state index in [1.54, 1.807) is 19.2 Å². The molecule has 0 aliphatic rings. The summed E-state index contributed by atoms with van der Waals surface area (Å²) < 4.78 is 5.12. The van der Waals surface area contributed by atoms with Gasteiger partial charge in [-0.15, -0.1) is 0 Å². The first-order chi connectivity index (χ1) is 6.22. The molecule has 0 saturated heterocycles. The molecule has 0 unspecified atom stereocenters. The number of ether oxygens (including phenoxy) is 1. The second-order valence-electron chi connectivity index (χ2n) is 2.76. The summed E-state index contributed by atoms with van der Waals surface area (Å²) in [6, 6.07) is 3.36. The van der Waals surface area contributed by atoms with Crippen LogP contribution in [0, 0.1) is 0 Å². The molecular formula is C10H11BO2. The van der Waals surface area contributed by atoms with Gasteiger partial charge in [0.1, 0.15) is 19.9 Å². The van der Waals surface area contributed by atoms with Crippen LogP contribution in [0.4, 0.5) is 0 Å². The molecule has 0 aromatic heterocycles. The average Bonchev–Trinajstić information content (AvgIpc) is 2.16. The van der Waals surface area contributed by atoms with Gasteiger partial charge in [0.25, 0.3) is 0 Å². The van der Waals surface area contributed by atoms with E-state index in [1.165, 1.54) is 0 Å². The summed E-state index contributed by atoms with van der Waals surface area (Å²) in [5.41, 5.74) is 2.11. The van der Waals surface area contributed by atoms with Crippen LogP contribution in [0.15, 0.2) is 12.1 Å². The fourth-order valence-corrected chi connectivity index (χ4v) is 1.32. The highest BCUT2D eigenvalue weighted by molar-refractivity contribution is 6.34. The number of hydrogen-bond donors (Lipinski definition) is 0. The van der Waals surface area contributed by atoms with Gasteiger partial charge in [0.2, 0.25) is 0 Å². The fraction of sp³-hybridized carbons (Fsp3) is 0.300. The molecule has 0 amide bonds. The lowest BCUT2D eigenvalue weighted by molar-refractivity contribution is 0.112. The molecule has 0 bridgehead atoms. The monoisotopic (exact) mass is 174 g/mol. The summed E-state index contributed by atoms with van der Waals surface area (Å²) in [4.78, 5) is 10.5. The summed E-state index contributed by atoms with van der Waals surface area (Å²) in [5, 5.41) is 0. The number of carbonyl (C=O) groups is 1. The Hall–Kier alpha value is -1.25. The quantitative estimate of drug-likeness (QED) is 0.501. The van der Waals surface area contributed by atoms with Crippen molar-refractivity contribution in [1.82, 2.24) is 0 Å². The Labute approximate surface area is 79.3 Å². The zero-order valence-electron chi connectivity index (χ0n) is 7.83. The standard InChI is InChI=1S/C10H11BO2/c1-3-8-9(11)4-7(6-12)5-10(8)13-2/h4-6H,3H2,1-2H3. The summed E-state index contributed by atoms with van der Waals surface area (Å²) >= 11 is 0. The molecule has 0 aliphatic heterocycles. The second kappa shape index (κ2) is 4.12. The van der Waals surface area contributed by atoms with E-state index in [9.17, 15) is 4.79 Å². The Morgan fingerprint density at radius 2 is 2.23 bits per heavy atom. The van der Waals surface area contributed by atoms with Crippen LogP contribution in [0.1, 0.15) is 22.8 Å². The molecule has 1 aromatic carbocycles. The van der Waals surface area contributed by atoms with Gasteiger partial charge in [-0.3, -0.25) is 4.79 Å². The summed E-state index contributed by atoms with van der Waals surface area (Å²) in [7, 11) is 7.32. The largest absolute Gasteiger partial charge is 0.496 e. The molecule has 0 fully saturated rings. The van der Waals surface area contributed by atoms with E-state index >= 15 is 0 Å². The predicted octanol–water partition coefficient (Wildman–Crippen LogP) is 0.864. The van der Waals surface area contributed by atoms with Gasteiger partial charge in [-0.05, 0) is 18.1 Å². The van der Waals surface area contributed by atoms with Gasteiger partial charge < -0.3 is 4.74 Å². The van der Waals surface area contributed by atoms with E-state index in [2.05, 4.69) is 0 Å². The van der Waals surface area contributed by atoms with Gasteiger partial charge in [-0.25, -0.2) is 0 Å². The van der Waals surface area contributed by atoms with Crippen LogP contribution < -0.4 is 10.2 Å². The van der Waals surface area contributed by atoms with Crippen molar-refractivity contribution in [3.8, 4) is 5.75 Å². The third-order valence-corrected chi connectivity index (χ3v) is 1.98. The molecule has 1 aromatic rings. The molecule has 0 heterocycles. The molecule has 0 N–H and O–H groups in total. The predicted molar refractivity (Wildman–Crippen MR) is 53.1 cm³/mol. The minimum atomic E-state index is 0.548. The van der Waals surface area contributed by atoms with Gasteiger partial charge in [0, 0.05) is 5.56 Å². The number of rotatable bonds is 3. The van der Waals surface area contributed by atoms with Gasteiger partial charge in [0.15, 0.2) is 0 Å². The van der Waals surface area contributed by atoms with Crippen LogP contribution in [0.25, 0.3) is 0 Å². The zero-order chi connectivity index (χ0) is 9.84. The number of carbonyl (C=O) groups excluding carboxylic acids is 1. The second-order valence-corrected chi connectivity index (χ2v) is 2.76. The summed E-state index contributed by atoms with van der Waals surface area (Å²) in [5.74, 6) is 0.685. The number of aldehydes is 1. The molecule has 0 spiro atoms. The average molecular weight is 174 g/mol. The van der Waals surface area contributed by atoms with Crippen LogP contribution in [-0.2, 0) is 6.42 Å². The minimum absolute atomic E-state index is 0.548. The Bertz CT molecular complexity index is 321. The molecule has 3 heteroatoms. The highest BCUT2D eigenvalue weighted by Gasteiger charge is 2.05. The molecule has 13 heavy (non-hydrogen) atoms. The number of hydrogen-bond acceptors (Lipinski definition) is 2. The first-order valence-corrected chi connectivity index (χ1v) is 4.14. The maximum absolute atomic E-state index is 10.5. The van der Waals surface area contributed by atoms with Crippen LogP contribution in [-0.4, -0.2) is 21.2 Å². The molecule has 1 rings (SSSR count). The first kappa shape index (κ1) is 9.84. The molecule has 2 nitrogen and oxygen atoms in total. The number of methoxy groups -OCH3 is 1. The third-order valence-electron chi connectivity index (χ3n) is 1.98. The fourth-order valence-electron chi connectivity index (χ4n) is 1.32. The van der Waals surface area contributed by atoms with E-state index in [0.29, 0.717) is 16.8 Å². The zero-order valence-corrected chi connectivity index (χ0v) is 7.83. The Morgan fingerprint density at radius 3 is 2.69 bits per heavy atom. The van der Waals surface area contributed by atoms with Crippen molar-refractivity contribution in [3.05, 3.63) is 23.3 Å².